The van der Waals surface area contributed by atoms with E-state index in [0.29, 0.717) is 22.6 Å². The summed E-state index contributed by atoms with van der Waals surface area (Å²) in [5.74, 6) is -0.322. The number of nitrogens with one attached hydrogen (secondary N) is 1. The first-order valence-electron chi connectivity index (χ1n) is 8.88. The maximum Gasteiger partial charge on any atom is 0.275 e. The Morgan fingerprint density at radius 2 is 1.76 bits per heavy atom. The Kier molecular flexibility index (Phi) is 6.33. The lowest BCUT2D eigenvalue weighted by atomic mass is 10.1. The van der Waals surface area contributed by atoms with E-state index in [1.54, 1.807) is 67.6 Å². The molecule has 0 radical (unpaired) electrons. The molecular weight excluding hydrogens is 369 g/mol. The molecule has 0 aromatic heterocycles. The quantitative estimate of drug-likeness (QED) is 0.502. The van der Waals surface area contributed by atoms with Crippen LogP contribution in [0.25, 0.3) is 0 Å². The molecule has 0 aliphatic carbocycles. The summed E-state index contributed by atoms with van der Waals surface area (Å²) in [6.07, 6.45) is 0. The minimum absolute atomic E-state index is 0.206. The van der Waals surface area contributed by atoms with Crippen molar-refractivity contribution in [1.82, 2.24) is 5.43 Å². The van der Waals surface area contributed by atoms with Gasteiger partial charge in [0.15, 0.2) is 0 Å². The number of amides is 1. The van der Waals surface area contributed by atoms with Crippen molar-refractivity contribution in [2.24, 2.45) is 5.10 Å². The molecule has 0 saturated heterocycles. The predicted molar refractivity (Wildman–Crippen MR) is 108 cm³/mol. The lowest BCUT2D eigenvalue weighted by molar-refractivity contribution is 0.0950. The molecule has 5 nitrogen and oxygen atoms in total. The molecule has 3 rings (SSSR count). The van der Waals surface area contributed by atoms with Gasteiger partial charge < -0.3 is 4.74 Å². The van der Waals surface area contributed by atoms with Crippen LogP contribution in [-0.4, -0.2) is 11.6 Å². The highest BCUT2D eigenvalue weighted by atomic mass is 19.1. The molecule has 0 saturated carbocycles. The maximum atomic E-state index is 13.0. The number of hydrogen-bond acceptors (Lipinski definition) is 4. The maximum absolute atomic E-state index is 13.0. The Morgan fingerprint density at radius 1 is 1.07 bits per heavy atom. The molecule has 3 aromatic rings. The van der Waals surface area contributed by atoms with Crippen LogP contribution in [0, 0.1) is 17.1 Å². The zero-order chi connectivity index (χ0) is 20.6. The van der Waals surface area contributed by atoms with E-state index in [-0.39, 0.29) is 12.4 Å². The minimum atomic E-state index is -0.410. The number of hydrazone groups is 1. The SMILES string of the molecule is C/C(=N\NC(=O)c1ccccc1OCc1ccc(F)cc1)c1ccc(C#N)cc1. The second-order valence-corrected chi connectivity index (χ2v) is 6.24. The van der Waals surface area contributed by atoms with Crippen LogP contribution in [0.3, 0.4) is 0 Å². The van der Waals surface area contributed by atoms with E-state index in [0.717, 1.165) is 11.1 Å². The van der Waals surface area contributed by atoms with Crippen molar-refractivity contribution in [3.05, 3.63) is 101 Å². The second-order valence-electron chi connectivity index (χ2n) is 6.24. The van der Waals surface area contributed by atoms with Crippen LogP contribution in [0.15, 0.2) is 77.9 Å². The first-order chi connectivity index (χ1) is 14.1. The van der Waals surface area contributed by atoms with Crippen LogP contribution in [0.1, 0.15) is 34.0 Å². The van der Waals surface area contributed by atoms with Gasteiger partial charge in [-0.15, -0.1) is 0 Å². The van der Waals surface area contributed by atoms with Gasteiger partial charge >= 0.3 is 0 Å². The first-order valence-corrected chi connectivity index (χ1v) is 8.88. The van der Waals surface area contributed by atoms with Gasteiger partial charge in [0, 0.05) is 0 Å². The van der Waals surface area contributed by atoms with Crippen molar-refractivity contribution in [2.45, 2.75) is 13.5 Å². The number of carbonyl (C=O) groups is 1. The van der Waals surface area contributed by atoms with Crippen molar-refractivity contribution in [1.29, 1.82) is 5.26 Å². The summed E-state index contributed by atoms with van der Waals surface area (Å²) in [5, 5.41) is 13.0. The highest BCUT2D eigenvalue weighted by Gasteiger charge is 2.12. The molecule has 29 heavy (non-hydrogen) atoms. The van der Waals surface area contributed by atoms with Gasteiger partial charge in [-0.1, -0.05) is 36.4 Å². The molecule has 0 fully saturated rings. The van der Waals surface area contributed by atoms with Crippen LogP contribution in [0.4, 0.5) is 4.39 Å². The molecule has 1 N–H and O–H groups in total. The van der Waals surface area contributed by atoms with Gasteiger partial charge in [0.1, 0.15) is 18.2 Å². The highest BCUT2D eigenvalue weighted by Crippen LogP contribution is 2.19. The number of nitriles is 1. The summed E-state index contributed by atoms with van der Waals surface area (Å²) in [6, 6.07) is 21.8. The van der Waals surface area contributed by atoms with E-state index in [4.69, 9.17) is 10.00 Å². The molecule has 144 valence electrons. The zero-order valence-electron chi connectivity index (χ0n) is 15.7. The van der Waals surface area contributed by atoms with Crippen LogP contribution in [0.2, 0.25) is 0 Å². The van der Waals surface area contributed by atoms with E-state index < -0.39 is 5.91 Å². The molecule has 0 aliphatic rings. The molecule has 0 heterocycles. The number of ether oxygens (including phenoxy) is 1. The van der Waals surface area contributed by atoms with Crippen molar-refractivity contribution < 1.29 is 13.9 Å². The van der Waals surface area contributed by atoms with Crippen molar-refractivity contribution in [3.63, 3.8) is 0 Å². The molecule has 1 amide bonds. The Morgan fingerprint density at radius 3 is 2.45 bits per heavy atom. The lowest BCUT2D eigenvalue weighted by Crippen LogP contribution is -2.20. The molecule has 0 spiro atoms. The molecule has 0 atom stereocenters. The van der Waals surface area contributed by atoms with Crippen molar-refractivity contribution in [3.8, 4) is 11.8 Å². The number of hydrogen-bond donors (Lipinski definition) is 1. The van der Waals surface area contributed by atoms with E-state index in [9.17, 15) is 9.18 Å². The number of rotatable bonds is 6. The van der Waals surface area contributed by atoms with Gasteiger partial charge in [-0.05, 0) is 54.4 Å². The second kappa shape index (κ2) is 9.29. The smallest absolute Gasteiger partial charge is 0.275 e. The minimum Gasteiger partial charge on any atom is -0.488 e. The number of benzene rings is 3. The Labute approximate surface area is 168 Å². The normalized spacial score (nSPS) is 10.9. The fraction of sp³-hybridized carbons (Fsp3) is 0.0870. The molecule has 0 bridgehead atoms. The topological polar surface area (TPSA) is 74.5 Å². The van der Waals surface area contributed by atoms with E-state index in [1.807, 2.05) is 0 Å². The lowest BCUT2D eigenvalue weighted by Gasteiger charge is -2.11. The van der Waals surface area contributed by atoms with Crippen LogP contribution >= 0.6 is 0 Å². The summed E-state index contributed by atoms with van der Waals surface area (Å²) >= 11 is 0. The van der Waals surface area contributed by atoms with Crippen LogP contribution in [-0.2, 0) is 6.61 Å². The Hall–Kier alpha value is -3.98. The number of nitrogens with zero attached hydrogens (tertiary/aromatic N) is 2. The average Bonchev–Trinajstić information content (AvgIpc) is 2.77. The van der Waals surface area contributed by atoms with Gasteiger partial charge in [-0.2, -0.15) is 10.4 Å². The number of carbonyl (C=O) groups excluding carboxylic acids is 1. The average molecular weight is 387 g/mol. The standard InChI is InChI=1S/C23H18FN3O2/c1-16(19-10-6-17(14-25)7-11-19)26-27-23(28)21-4-2-3-5-22(21)29-15-18-8-12-20(24)13-9-18/h2-13H,15H2,1H3,(H,27,28)/b26-16+. The number of para-hydroxylation sites is 1. The third-order valence-corrected chi connectivity index (χ3v) is 4.20. The van der Waals surface area contributed by atoms with Gasteiger partial charge in [0.25, 0.3) is 5.91 Å². The van der Waals surface area contributed by atoms with Crippen LogP contribution in [0.5, 0.6) is 5.75 Å². The van der Waals surface area contributed by atoms with Crippen molar-refractivity contribution in [2.75, 3.05) is 0 Å². The van der Waals surface area contributed by atoms with E-state index in [2.05, 4.69) is 16.6 Å². The highest BCUT2D eigenvalue weighted by molar-refractivity contribution is 6.01. The monoisotopic (exact) mass is 387 g/mol. The molecule has 0 unspecified atom stereocenters. The predicted octanol–water partition coefficient (Wildman–Crippen LogP) is 4.43. The molecular formula is C23H18FN3O2. The largest absolute Gasteiger partial charge is 0.488 e. The fourth-order valence-electron chi connectivity index (χ4n) is 2.57. The fourth-order valence-corrected chi connectivity index (χ4v) is 2.57. The van der Waals surface area contributed by atoms with Crippen molar-refractivity contribution >= 4 is 11.6 Å². The van der Waals surface area contributed by atoms with Gasteiger partial charge in [0.05, 0.1) is 22.9 Å². The molecule has 0 aliphatic heterocycles. The summed E-state index contributed by atoms with van der Waals surface area (Å²) in [6.45, 7) is 1.97. The molecule has 3 aromatic carbocycles. The molecule has 6 heteroatoms. The van der Waals surface area contributed by atoms with Gasteiger partial charge in [-0.3, -0.25) is 4.79 Å². The van der Waals surface area contributed by atoms with E-state index in [1.165, 1.54) is 12.1 Å². The Balaban J connectivity index is 1.68. The van der Waals surface area contributed by atoms with Gasteiger partial charge in [-0.25, -0.2) is 9.82 Å². The third kappa shape index (κ3) is 5.27. The summed E-state index contributed by atoms with van der Waals surface area (Å²) in [7, 11) is 0. The summed E-state index contributed by atoms with van der Waals surface area (Å²) < 4.78 is 18.7. The van der Waals surface area contributed by atoms with Crippen LogP contribution < -0.4 is 10.2 Å². The van der Waals surface area contributed by atoms with Gasteiger partial charge in [0.2, 0.25) is 0 Å². The summed E-state index contributed by atoms with van der Waals surface area (Å²) in [5.41, 5.74) is 5.61. The zero-order valence-corrected chi connectivity index (χ0v) is 15.7. The number of halogens is 1. The van der Waals surface area contributed by atoms with E-state index >= 15 is 0 Å². The first kappa shape index (κ1) is 19.8. The Bertz CT molecular complexity index is 1070. The summed E-state index contributed by atoms with van der Waals surface area (Å²) in [4.78, 5) is 12.6. The third-order valence-electron chi connectivity index (χ3n) is 4.20.